The molecule has 18 heavy (non-hydrogen) atoms. The highest BCUT2D eigenvalue weighted by Crippen LogP contribution is 2.15. The van der Waals surface area contributed by atoms with Crippen molar-refractivity contribution in [2.45, 2.75) is 13.5 Å². The second-order valence-corrected chi connectivity index (χ2v) is 4.62. The van der Waals surface area contributed by atoms with Crippen molar-refractivity contribution in [1.82, 2.24) is 4.98 Å². The summed E-state index contributed by atoms with van der Waals surface area (Å²) in [4.78, 5) is 4.17. The van der Waals surface area contributed by atoms with Gasteiger partial charge in [0.25, 0.3) is 0 Å². The van der Waals surface area contributed by atoms with Gasteiger partial charge in [0.05, 0.1) is 18.5 Å². The zero-order chi connectivity index (χ0) is 12.8. The largest absolute Gasteiger partial charge is 0.494 e. The molecule has 0 aliphatic carbocycles. The van der Waals surface area contributed by atoms with E-state index in [0.717, 1.165) is 22.6 Å². The molecule has 0 spiro atoms. The van der Waals surface area contributed by atoms with Crippen LogP contribution in [0.2, 0.25) is 0 Å². The normalized spacial score (nSPS) is 10.1. The first-order valence-corrected chi connectivity index (χ1v) is 6.64. The van der Waals surface area contributed by atoms with Crippen LogP contribution in [0.25, 0.3) is 0 Å². The maximum absolute atomic E-state index is 5.47. The van der Waals surface area contributed by atoms with Gasteiger partial charge in [-0.15, -0.1) is 0 Å². The minimum Gasteiger partial charge on any atom is -0.494 e. The van der Waals surface area contributed by atoms with Crippen LogP contribution in [0.5, 0.6) is 5.75 Å². The summed E-state index contributed by atoms with van der Waals surface area (Å²) in [6, 6.07) is 12.0. The second-order valence-electron chi connectivity index (χ2n) is 3.80. The van der Waals surface area contributed by atoms with Crippen LogP contribution in [0.4, 0.5) is 5.69 Å². The van der Waals surface area contributed by atoms with Crippen LogP contribution in [-0.4, -0.2) is 11.6 Å². The third kappa shape index (κ3) is 3.74. The van der Waals surface area contributed by atoms with E-state index in [-0.39, 0.29) is 0 Å². The zero-order valence-corrected chi connectivity index (χ0v) is 11.8. The smallest absolute Gasteiger partial charge is 0.119 e. The van der Waals surface area contributed by atoms with E-state index in [0.29, 0.717) is 6.61 Å². The van der Waals surface area contributed by atoms with Crippen LogP contribution in [0, 0.1) is 0 Å². The molecule has 0 amide bonds. The Balaban J connectivity index is 1.97. The molecule has 0 aliphatic heterocycles. The molecule has 0 atom stereocenters. The first-order valence-electron chi connectivity index (χ1n) is 5.85. The molecule has 2 aromatic rings. The molecule has 0 saturated carbocycles. The van der Waals surface area contributed by atoms with Gasteiger partial charge in [0.1, 0.15) is 10.4 Å². The van der Waals surface area contributed by atoms with Gasteiger partial charge in [0.2, 0.25) is 0 Å². The van der Waals surface area contributed by atoms with Gasteiger partial charge in [0, 0.05) is 6.54 Å². The monoisotopic (exact) mass is 306 g/mol. The SMILES string of the molecule is CCOc1cccc(CNc2ccc(Br)nc2)c1. The summed E-state index contributed by atoms with van der Waals surface area (Å²) in [5.41, 5.74) is 2.18. The number of anilines is 1. The van der Waals surface area contributed by atoms with E-state index in [1.54, 1.807) is 6.20 Å². The van der Waals surface area contributed by atoms with Crippen LogP contribution in [0.1, 0.15) is 12.5 Å². The van der Waals surface area contributed by atoms with Gasteiger partial charge in [-0.1, -0.05) is 12.1 Å². The molecule has 0 bridgehead atoms. The number of benzene rings is 1. The number of aromatic nitrogens is 1. The Kier molecular flexibility index (Phi) is 4.59. The summed E-state index contributed by atoms with van der Waals surface area (Å²) in [6.45, 7) is 3.43. The number of hydrogen-bond donors (Lipinski definition) is 1. The fourth-order valence-electron chi connectivity index (χ4n) is 1.60. The minimum atomic E-state index is 0.688. The molecular formula is C14H15BrN2O. The van der Waals surface area contributed by atoms with Gasteiger partial charge in [-0.05, 0) is 52.7 Å². The molecule has 1 aromatic carbocycles. The van der Waals surface area contributed by atoms with Crippen molar-refractivity contribution in [2.24, 2.45) is 0 Å². The minimum absolute atomic E-state index is 0.688. The van der Waals surface area contributed by atoms with Crippen molar-refractivity contribution in [1.29, 1.82) is 0 Å². The van der Waals surface area contributed by atoms with Crippen LogP contribution in [0.15, 0.2) is 47.2 Å². The lowest BCUT2D eigenvalue weighted by Gasteiger charge is -2.08. The Morgan fingerprint density at radius 2 is 2.17 bits per heavy atom. The number of ether oxygens (including phenoxy) is 1. The first-order chi connectivity index (χ1) is 8.78. The molecule has 1 aromatic heterocycles. The van der Waals surface area contributed by atoms with Gasteiger partial charge < -0.3 is 10.1 Å². The van der Waals surface area contributed by atoms with Gasteiger partial charge >= 0.3 is 0 Å². The molecule has 0 radical (unpaired) electrons. The van der Waals surface area contributed by atoms with Crippen LogP contribution >= 0.6 is 15.9 Å². The fraction of sp³-hybridized carbons (Fsp3) is 0.214. The van der Waals surface area contributed by atoms with Gasteiger partial charge in [-0.2, -0.15) is 0 Å². The first kappa shape index (κ1) is 12.9. The van der Waals surface area contributed by atoms with Gasteiger partial charge in [-0.3, -0.25) is 0 Å². The Hall–Kier alpha value is -1.55. The maximum Gasteiger partial charge on any atom is 0.119 e. The zero-order valence-electron chi connectivity index (χ0n) is 10.2. The van der Waals surface area contributed by atoms with Crippen LogP contribution < -0.4 is 10.1 Å². The molecule has 0 fully saturated rings. The van der Waals surface area contributed by atoms with Crippen LogP contribution in [-0.2, 0) is 6.54 Å². The highest BCUT2D eigenvalue weighted by Gasteiger charge is 1.97. The third-order valence-corrected chi connectivity index (χ3v) is 2.90. The highest BCUT2D eigenvalue weighted by atomic mass is 79.9. The molecule has 94 valence electrons. The number of rotatable bonds is 5. The summed E-state index contributed by atoms with van der Waals surface area (Å²) in [5.74, 6) is 0.908. The molecule has 0 aliphatic rings. The molecule has 4 heteroatoms. The molecule has 3 nitrogen and oxygen atoms in total. The van der Waals surface area contributed by atoms with Crippen molar-refractivity contribution in [3.8, 4) is 5.75 Å². The fourth-order valence-corrected chi connectivity index (χ4v) is 1.83. The van der Waals surface area contributed by atoms with E-state index in [2.05, 4.69) is 32.3 Å². The van der Waals surface area contributed by atoms with E-state index < -0.39 is 0 Å². The number of nitrogens with one attached hydrogen (secondary N) is 1. The van der Waals surface area contributed by atoms with E-state index >= 15 is 0 Å². The molecule has 1 heterocycles. The Bertz CT molecular complexity index is 499. The lowest BCUT2D eigenvalue weighted by atomic mass is 10.2. The van der Waals surface area contributed by atoms with Crippen molar-refractivity contribution in [3.63, 3.8) is 0 Å². The predicted molar refractivity (Wildman–Crippen MR) is 76.9 cm³/mol. The summed E-state index contributed by atoms with van der Waals surface area (Å²) in [5, 5.41) is 3.32. The third-order valence-electron chi connectivity index (χ3n) is 2.43. The molecule has 0 saturated heterocycles. The summed E-state index contributed by atoms with van der Waals surface area (Å²) in [7, 11) is 0. The van der Waals surface area contributed by atoms with Crippen molar-refractivity contribution in [2.75, 3.05) is 11.9 Å². The van der Waals surface area contributed by atoms with Crippen LogP contribution in [0.3, 0.4) is 0 Å². The molecule has 0 unspecified atom stereocenters. The van der Waals surface area contributed by atoms with E-state index in [1.807, 2.05) is 37.3 Å². The number of halogens is 1. The van der Waals surface area contributed by atoms with Gasteiger partial charge in [0.15, 0.2) is 0 Å². The van der Waals surface area contributed by atoms with E-state index in [4.69, 9.17) is 4.74 Å². The van der Waals surface area contributed by atoms with Crippen molar-refractivity contribution in [3.05, 3.63) is 52.8 Å². The average molecular weight is 307 g/mol. The molecular weight excluding hydrogens is 292 g/mol. The number of hydrogen-bond acceptors (Lipinski definition) is 3. The summed E-state index contributed by atoms with van der Waals surface area (Å²) in [6.07, 6.45) is 1.80. The van der Waals surface area contributed by atoms with Crippen molar-refractivity contribution < 1.29 is 4.74 Å². The summed E-state index contributed by atoms with van der Waals surface area (Å²) < 4.78 is 6.31. The van der Waals surface area contributed by atoms with Gasteiger partial charge in [-0.25, -0.2) is 4.98 Å². The Labute approximate surface area is 115 Å². The lowest BCUT2D eigenvalue weighted by molar-refractivity contribution is 0.340. The summed E-state index contributed by atoms with van der Waals surface area (Å²) >= 11 is 3.31. The molecule has 1 N–H and O–H groups in total. The topological polar surface area (TPSA) is 34.1 Å². The predicted octanol–water partition coefficient (Wildman–Crippen LogP) is 3.85. The highest BCUT2D eigenvalue weighted by molar-refractivity contribution is 9.10. The number of pyridine rings is 1. The van der Waals surface area contributed by atoms with E-state index in [9.17, 15) is 0 Å². The van der Waals surface area contributed by atoms with E-state index in [1.165, 1.54) is 5.56 Å². The number of nitrogens with zero attached hydrogens (tertiary/aromatic N) is 1. The molecule has 2 rings (SSSR count). The average Bonchev–Trinajstić information content (AvgIpc) is 2.39. The standard InChI is InChI=1S/C14H15BrN2O/c1-2-18-13-5-3-4-11(8-13)9-16-12-6-7-14(15)17-10-12/h3-8,10,16H,2,9H2,1H3. The Morgan fingerprint density at radius 1 is 1.28 bits per heavy atom. The quantitative estimate of drug-likeness (QED) is 0.852. The second kappa shape index (κ2) is 6.40. The Morgan fingerprint density at radius 3 is 2.89 bits per heavy atom. The van der Waals surface area contributed by atoms with Crippen molar-refractivity contribution >= 4 is 21.6 Å². The lowest BCUT2D eigenvalue weighted by Crippen LogP contribution is -2.00. The maximum atomic E-state index is 5.47.